The van der Waals surface area contributed by atoms with Crippen LogP contribution in [-0.4, -0.2) is 17.3 Å². The molecule has 0 spiro atoms. The topological polar surface area (TPSA) is 58.3 Å². The third-order valence-corrected chi connectivity index (χ3v) is 3.11. The van der Waals surface area contributed by atoms with Crippen LogP contribution in [0.25, 0.3) is 0 Å². The highest BCUT2D eigenvalue weighted by Gasteiger charge is 2.17. The van der Waals surface area contributed by atoms with Gasteiger partial charge >= 0.3 is 0 Å². The lowest BCUT2D eigenvalue weighted by molar-refractivity contribution is 0.0697. The molecule has 1 atom stereocenters. The van der Waals surface area contributed by atoms with Crippen LogP contribution in [0.2, 0.25) is 0 Å². The Labute approximate surface area is 104 Å². The molecule has 4 heteroatoms. The van der Waals surface area contributed by atoms with E-state index in [2.05, 4.69) is 27.9 Å². The molecule has 3 nitrogen and oxygen atoms in total. The predicted octanol–water partition coefficient (Wildman–Crippen LogP) is 2.45. The molecule has 0 saturated carbocycles. The lowest BCUT2D eigenvalue weighted by Crippen LogP contribution is -2.32. The second-order valence-electron chi connectivity index (χ2n) is 3.94. The number of benzene rings is 1. The molecular weight excluding hydrogens is 303 g/mol. The van der Waals surface area contributed by atoms with Crippen molar-refractivity contribution < 1.29 is 5.11 Å². The van der Waals surface area contributed by atoms with Crippen molar-refractivity contribution in [3.8, 4) is 0 Å². The average molecular weight is 320 g/mol. The molecule has 0 radical (unpaired) electrons. The van der Waals surface area contributed by atoms with Gasteiger partial charge in [-0.05, 0) is 54.1 Å². The fourth-order valence-electron chi connectivity index (χ4n) is 1.11. The molecule has 0 aliphatic rings. The molecule has 0 amide bonds. The number of nitrogen functional groups attached to an aromatic ring is 1. The molecule has 84 valence electrons. The summed E-state index contributed by atoms with van der Waals surface area (Å²) in [6, 6.07) is 5.83. The first-order valence-corrected chi connectivity index (χ1v) is 6.04. The fourth-order valence-corrected chi connectivity index (χ4v) is 1.62. The van der Waals surface area contributed by atoms with E-state index in [0.29, 0.717) is 18.7 Å². The minimum atomic E-state index is -0.685. The Balaban J connectivity index is 2.66. The van der Waals surface area contributed by atoms with Crippen molar-refractivity contribution in [2.75, 3.05) is 17.6 Å². The molecular formula is C11H17IN2O. The summed E-state index contributed by atoms with van der Waals surface area (Å²) in [6.07, 6.45) is 0.713. The molecule has 1 aromatic rings. The SMILES string of the molecule is CCC(C)(O)CNc1ccc(I)cc1N. The molecule has 0 fully saturated rings. The van der Waals surface area contributed by atoms with Crippen molar-refractivity contribution in [3.63, 3.8) is 0 Å². The van der Waals surface area contributed by atoms with Gasteiger partial charge < -0.3 is 16.2 Å². The predicted molar refractivity (Wildman–Crippen MR) is 73.0 cm³/mol. The number of aliphatic hydroxyl groups is 1. The summed E-state index contributed by atoms with van der Waals surface area (Å²) in [7, 11) is 0. The van der Waals surface area contributed by atoms with Crippen molar-refractivity contribution in [3.05, 3.63) is 21.8 Å². The summed E-state index contributed by atoms with van der Waals surface area (Å²) in [6.45, 7) is 4.27. The molecule has 0 saturated heterocycles. The van der Waals surface area contributed by atoms with Crippen molar-refractivity contribution in [1.82, 2.24) is 0 Å². The highest BCUT2D eigenvalue weighted by molar-refractivity contribution is 14.1. The minimum absolute atomic E-state index is 0.508. The van der Waals surface area contributed by atoms with Gasteiger partial charge in [0.15, 0.2) is 0 Å². The quantitative estimate of drug-likeness (QED) is 0.590. The second kappa shape index (κ2) is 5.03. The van der Waals surface area contributed by atoms with Crippen LogP contribution in [0, 0.1) is 3.57 Å². The first kappa shape index (κ1) is 12.6. The Morgan fingerprint density at radius 3 is 2.73 bits per heavy atom. The smallest absolute Gasteiger partial charge is 0.0788 e. The molecule has 0 aromatic heterocycles. The summed E-state index contributed by atoms with van der Waals surface area (Å²) in [4.78, 5) is 0. The van der Waals surface area contributed by atoms with Crippen molar-refractivity contribution in [2.24, 2.45) is 0 Å². The number of halogens is 1. The van der Waals surface area contributed by atoms with E-state index in [1.165, 1.54) is 0 Å². The molecule has 0 bridgehead atoms. The molecule has 15 heavy (non-hydrogen) atoms. The lowest BCUT2D eigenvalue weighted by atomic mass is 10.0. The van der Waals surface area contributed by atoms with Gasteiger partial charge in [0.2, 0.25) is 0 Å². The molecule has 1 aromatic carbocycles. The third-order valence-electron chi connectivity index (χ3n) is 2.43. The van der Waals surface area contributed by atoms with E-state index in [4.69, 9.17) is 5.73 Å². The molecule has 0 heterocycles. The van der Waals surface area contributed by atoms with E-state index in [1.807, 2.05) is 32.0 Å². The van der Waals surface area contributed by atoms with Gasteiger partial charge in [0.1, 0.15) is 0 Å². The highest BCUT2D eigenvalue weighted by atomic mass is 127. The van der Waals surface area contributed by atoms with Gasteiger partial charge in [-0.15, -0.1) is 0 Å². The molecule has 4 N–H and O–H groups in total. The Morgan fingerprint density at radius 2 is 2.20 bits per heavy atom. The van der Waals surface area contributed by atoms with E-state index >= 15 is 0 Å². The molecule has 0 aliphatic carbocycles. The Bertz CT molecular complexity index is 339. The largest absolute Gasteiger partial charge is 0.397 e. The number of nitrogens with two attached hydrogens (primary N) is 1. The zero-order valence-corrected chi connectivity index (χ0v) is 11.2. The van der Waals surface area contributed by atoms with Crippen LogP contribution < -0.4 is 11.1 Å². The lowest BCUT2D eigenvalue weighted by Gasteiger charge is -2.22. The van der Waals surface area contributed by atoms with E-state index in [1.54, 1.807) is 0 Å². The van der Waals surface area contributed by atoms with Gasteiger partial charge in [-0.1, -0.05) is 6.92 Å². The van der Waals surface area contributed by atoms with E-state index in [9.17, 15) is 5.11 Å². The summed E-state index contributed by atoms with van der Waals surface area (Å²) >= 11 is 2.22. The van der Waals surface area contributed by atoms with E-state index in [-0.39, 0.29) is 0 Å². The van der Waals surface area contributed by atoms with Crippen molar-refractivity contribution in [2.45, 2.75) is 25.9 Å². The van der Waals surface area contributed by atoms with Crippen LogP contribution in [0.1, 0.15) is 20.3 Å². The van der Waals surface area contributed by atoms with Crippen molar-refractivity contribution >= 4 is 34.0 Å². The average Bonchev–Trinajstić information content (AvgIpc) is 2.16. The maximum atomic E-state index is 9.83. The van der Waals surface area contributed by atoms with Gasteiger partial charge in [0, 0.05) is 10.1 Å². The number of anilines is 2. The maximum absolute atomic E-state index is 9.83. The van der Waals surface area contributed by atoms with Gasteiger partial charge in [0.05, 0.1) is 17.0 Å². The number of nitrogens with one attached hydrogen (secondary N) is 1. The van der Waals surface area contributed by atoms with Gasteiger partial charge in [0.25, 0.3) is 0 Å². The number of hydrogen-bond acceptors (Lipinski definition) is 3. The normalized spacial score (nSPS) is 14.7. The summed E-state index contributed by atoms with van der Waals surface area (Å²) in [5.41, 5.74) is 6.75. The maximum Gasteiger partial charge on any atom is 0.0788 e. The molecule has 1 unspecified atom stereocenters. The first-order valence-electron chi connectivity index (χ1n) is 4.96. The van der Waals surface area contributed by atoms with Gasteiger partial charge in [-0.3, -0.25) is 0 Å². The third kappa shape index (κ3) is 3.87. The zero-order valence-electron chi connectivity index (χ0n) is 9.05. The standard InChI is InChI=1S/C11H17IN2O/c1-3-11(2,15)7-14-10-5-4-8(12)6-9(10)13/h4-6,14-15H,3,7,13H2,1-2H3. The van der Waals surface area contributed by atoms with Gasteiger partial charge in [-0.2, -0.15) is 0 Å². The van der Waals surface area contributed by atoms with E-state index < -0.39 is 5.60 Å². The van der Waals surface area contributed by atoms with Crippen LogP contribution in [0.5, 0.6) is 0 Å². The Morgan fingerprint density at radius 1 is 1.53 bits per heavy atom. The monoisotopic (exact) mass is 320 g/mol. The Kier molecular flexibility index (Phi) is 4.21. The van der Waals surface area contributed by atoms with Crippen molar-refractivity contribution in [1.29, 1.82) is 0 Å². The Hall–Kier alpha value is -0.490. The van der Waals surface area contributed by atoms with Crippen LogP contribution in [0.4, 0.5) is 11.4 Å². The van der Waals surface area contributed by atoms with Crippen LogP contribution in [0.3, 0.4) is 0 Å². The number of rotatable bonds is 4. The molecule has 1 rings (SSSR count). The summed E-state index contributed by atoms with van der Waals surface area (Å²) in [5.74, 6) is 0. The number of hydrogen-bond donors (Lipinski definition) is 3. The van der Waals surface area contributed by atoms with Gasteiger partial charge in [-0.25, -0.2) is 0 Å². The van der Waals surface area contributed by atoms with Crippen LogP contribution in [0.15, 0.2) is 18.2 Å². The highest BCUT2D eigenvalue weighted by Crippen LogP contribution is 2.21. The minimum Gasteiger partial charge on any atom is -0.397 e. The molecule has 0 aliphatic heterocycles. The first-order chi connectivity index (χ1) is 6.94. The zero-order chi connectivity index (χ0) is 11.5. The second-order valence-corrected chi connectivity index (χ2v) is 5.18. The van der Waals surface area contributed by atoms with E-state index in [0.717, 1.165) is 9.26 Å². The fraction of sp³-hybridized carbons (Fsp3) is 0.455. The van der Waals surface area contributed by atoms with Crippen LogP contribution >= 0.6 is 22.6 Å². The summed E-state index contributed by atoms with van der Waals surface area (Å²) < 4.78 is 1.11. The van der Waals surface area contributed by atoms with Crippen LogP contribution in [-0.2, 0) is 0 Å². The summed E-state index contributed by atoms with van der Waals surface area (Å²) in [5, 5.41) is 13.0.